The lowest BCUT2D eigenvalue weighted by molar-refractivity contribution is 0.181. The number of nitrogens with two attached hydrogens (primary N) is 1. The molecule has 2 aromatic rings. The third-order valence-electron chi connectivity index (χ3n) is 3.11. The van der Waals surface area contributed by atoms with Gasteiger partial charge in [0.05, 0.1) is 11.5 Å². The molecule has 130 valence electrons. The van der Waals surface area contributed by atoms with Crippen LogP contribution in [0.25, 0.3) is 0 Å². The lowest BCUT2D eigenvalue weighted by Gasteiger charge is -2.15. The first kappa shape index (κ1) is 18.8. The van der Waals surface area contributed by atoms with E-state index in [9.17, 15) is 13.0 Å². The second kappa shape index (κ2) is 8.02. The van der Waals surface area contributed by atoms with Crippen LogP contribution in [0.4, 0.5) is 0 Å². The first-order chi connectivity index (χ1) is 11.3. The molecule has 0 aliphatic rings. The summed E-state index contributed by atoms with van der Waals surface area (Å²) in [6.07, 6.45) is -0.813. The molecule has 2 aromatic carbocycles. The summed E-state index contributed by atoms with van der Waals surface area (Å²) in [5, 5.41) is 0. The van der Waals surface area contributed by atoms with Crippen molar-refractivity contribution in [2.45, 2.75) is 18.4 Å². The fourth-order valence-corrected chi connectivity index (χ4v) is 3.97. The monoisotopic (exact) mass is 371 g/mol. The van der Waals surface area contributed by atoms with Crippen LogP contribution >= 0.6 is 7.60 Å². The highest BCUT2D eigenvalue weighted by Crippen LogP contribution is 2.47. The average molecular weight is 371 g/mol. The van der Waals surface area contributed by atoms with Gasteiger partial charge in [-0.2, -0.15) is 8.42 Å². The van der Waals surface area contributed by atoms with Gasteiger partial charge in [-0.05, 0) is 24.6 Å². The molecule has 0 fully saturated rings. The molecule has 1 unspecified atom stereocenters. The molecular formula is C15H18NO6PS. The normalized spacial score (nSPS) is 14.2. The Kier molecular flexibility index (Phi) is 6.28. The number of hydrogen-bond donors (Lipinski definition) is 1. The van der Waals surface area contributed by atoms with E-state index in [-0.39, 0.29) is 11.5 Å². The van der Waals surface area contributed by atoms with Crippen LogP contribution in [-0.2, 0) is 34.6 Å². The summed E-state index contributed by atoms with van der Waals surface area (Å²) in [4.78, 5) is -0.0558. The molecule has 0 bridgehead atoms. The van der Waals surface area contributed by atoms with Crippen molar-refractivity contribution >= 4 is 17.7 Å². The van der Waals surface area contributed by atoms with Crippen LogP contribution in [0.2, 0.25) is 0 Å². The molecule has 9 heteroatoms. The zero-order valence-corrected chi connectivity index (χ0v) is 14.7. The summed E-state index contributed by atoms with van der Waals surface area (Å²) in [5.41, 5.74) is 1.63. The number of aryl methyl sites for hydroxylation is 1. The van der Waals surface area contributed by atoms with Crippen molar-refractivity contribution in [1.29, 1.82) is 0 Å². The third kappa shape index (κ3) is 5.24. The Hall–Kier alpha value is -1.54. The van der Waals surface area contributed by atoms with E-state index in [0.717, 1.165) is 11.1 Å². The molecule has 2 rings (SSSR count). The summed E-state index contributed by atoms with van der Waals surface area (Å²) in [5.74, 6) is 5.00. The summed E-state index contributed by atoms with van der Waals surface area (Å²) in [6, 6.07) is 14.9. The number of hydrogen-bond acceptors (Lipinski definition) is 7. The van der Waals surface area contributed by atoms with E-state index in [0.29, 0.717) is 0 Å². The van der Waals surface area contributed by atoms with E-state index in [2.05, 4.69) is 4.62 Å². The Bertz CT molecular complexity index is 808. The SMILES string of the molecule is Cc1ccc(S(=O)(=O)OCP(=O)(ON)OCc2ccccc2)cc1. The molecule has 24 heavy (non-hydrogen) atoms. The molecule has 0 aliphatic heterocycles. The molecule has 0 saturated heterocycles. The minimum Gasteiger partial charge on any atom is -0.301 e. The fraction of sp³-hybridized carbons (Fsp3) is 0.200. The smallest absolute Gasteiger partial charge is 0.301 e. The van der Waals surface area contributed by atoms with Crippen molar-refractivity contribution in [2.24, 2.45) is 5.90 Å². The minimum atomic E-state index is -4.09. The predicted molar refractivity (Wildman–Crippen MR) is 88.4 cm³/mol. The van der Waals surface area contributed by atoms with E-state index in [1.165, 1.54) is 12.1 Å². The Labute approximate surface area is 141 Å². The maximum atomic E-state index is 12.3. The van der Waals surface area contributed by atoms with Gasteiger partial charge in [-0.3, -0.25) is 8.75 Å². The van der Waals surface area contributed by atoms with Crippen molar-refractivity contribution in [3.05, 3.63) is 65.7 Å². The van der Waals surface area contributed by atoms with Gasteiger partial charge in [-0.25, -0.2) is 10.5 Å². The summed E-state index contributed by atoms with van der Waals surface area (Å²) in [7, 11) is -8.01. The van der Waals surface area contributed by atoms with Gasteiger partial charge in [0.25, 0.3) is 10.1 Å². The lowest BCUT2D eigenvalue weighted by Crippen LogP contribution is -2.12. The largest absolute Gasteiger partial charge is 0.374 e. The standard InChI is InChI=1S/C15H18NO6PS/c1-13-7-9-15(10-8-13)24(18,19)21-12-23(17,22-16)20-11-14-5-3-2-4-6-14/h2-10H,11-12,16H2,1H3. The second-order valence-electron chi connectivity index (χ2n) is 4.99. The molecule has 7 nitrogen and oxygen atoms in total. The van der Waals surface area contributed by atoms with Gasteiger partial charge >= 0.3 is 7.60 Å². The number of benzene rings is 2. The van der Waals surface area contributed by atoms with Crippen LogP contribution in [0.5, 0.6) is 0 Å². The van der Waals surface area contributed by atoms with Crippen LogP contribution in [0.15, 0.2) is 59.5 Å². The van der Waals surface area contributed by atoms with Crippen LogP contribution in [0, 0.1) is 6.92 Å². The fourth-order valence-electron chi connectivity index (χ4n) is 1.75. The quantitative estimate of drug-likeness (QED) is 0.432. The zero-order valence-electron chi connectivity index (χ0n) is 13.0. The van der Waals surface area contributed by atoms with E-state index < -0.39 is 24.1 Å². The van der Waals surface area contributed by atoms with Gasteiger partial charge in [0, 0.05) is 0 Å². The summed E-state index contributed by atoms with van der Waals surface area (Å²) >= 11 is 0. The summed E-state index contributed by atoms with van der Waals surface area (Å²) in [6.45, 7) is 1.77. The average Bonchev–Trinajstić information content (AvgIpc) is 2.60. The Balaban J connectivity index is 2.01. The zero-order chi connectivity index (χ0) is 17.6. The van der Waals surface area contributed by atoms with Crippen molar-refractivity contribution in [2.75, 3.05) is 6.35 Å². The van der Waals surface area contributed by atoms with Crippen molar-refractivity contribution < 1.29 is 26.3 Å². The van der Waals surface area contributed by atoms with Crippen molar-refractivity contribution in [3.8, 4) is 0 Å². The topological polar surface area (TPSA) is 105 Å². The highest BCUT2D eigenvalue weighted by Gasteiger charge is 2.29. The molecule has 2 N–H and O–H groups in total. The van der Waals surface area contributed by atoms with Gasteiger partial charge in [0.1, 0.15) is 0 Å². The highest BCUT2D eigenvalue weighted by molar-refractivity contribution is 7.87. The van der Waals surface area contributed by atoms with Crippen molar-refractivity contribution in [3.63, 3.8) is 0 Å². The first-order valence-corrected chi connectivity index (χ1v) is 10.1. The highest BCUT2D eigenvalue weighted by atomic mass is 32.2. The second-order valence-corrected chi connectivity index (χ2v) is 8.55. The van der Waals surface area contributed by atoms with Crippen LogP contribution in [0.3, 0.4) is 0 Å². The molecule has 1 atom stereocenters. The Morgan fingerprint density at radius 2 is 1.67 bits per heavy atom. The third-order valence-corrected chi connectivity index (χ3v) is 5.85. The molecule has 0 amide bonds. The maximum absolute atomic E-state index is 12.3. The molecule has 0 heterocycles. The van der Waals surface area contributed by atoms with Gasteiger partial charge in [0.2, 0.25) is 0 Å². The van der Waals surface area contributed by atoms with Gasteiger partial charge in [-0.1, -0.05) is 48.0 Å². The lowest BCUT2D eigenvalue weighted by atomic mass is 10.2. The van der Waals surface area contributed by atoms with E-state index in [1.54, 1.807) is 36.4 Å². The minimum absolute atomic E-state index is 0.0523. The van der Waals surface area contributed by atoms with Crippen LogP contribution < -0.4 is 5.90 Å². The van der Waals surface area contributed by atoms with E-state index >= 15 is 0 Å². The molecule has 0 spiro atoms. The van der Waals surface area contributed by atoms with Gasteiger partial charge < -0.3 is 4.52 Å². The van der Waals surface area contributed by atoms with Crippen LogP contribution in [0.1, 0.15) is 11.1 Å². The molecule has 0 aliphatic carbocycles. The maximum Gasteiger partial charge on any atom is 0.374 e. The van der Waals surface area contributed by atoms with Gasteiger partial charge in [-0.15, -0.1) is 0 Å². The Morgan fingerprint density at radius 1 is 1.04 bits per heavy atom. The Morgan fingerprint density at radius 3 is 2.25 bits per heavy atom. The van der Waals surface area contributed by atoms with Crippen LogP contribution in [-0.4, -0.2) is 14.8 Å². The van der Waals surface area contributed by atoms with E-state index in [1.807, 2.05) is 13.0 Å². The predicted octanol–water partition coefficient (Wildman–Crippen LogP) is 2.96. The molecule has 0 saturated carbocycles. The van der Waals surface area contributed by atoms with Gasteiger partial charge in [0.15, 0.2) is 6.35 Å². The van der Waals surface area contributed by atoms with E-state index in [4.69, 9.17) is 14.6 Å². The molecule has 0 radical (unpaired) electrons. The summed E-state index contributed by atoms with van der Waals surface area (Å²) < 4.78 is 50.8. The first-order valence-electron chi connectivity index (χ1n) is 6.97. The number of rotatable bonds is 8. The molecule has 0 aromatic heterocycles. The molecular weight excluding hydrogens is 353 g/mol. The van der Waals surface area contributed by atoms with Crippen molar-refractivity contribution in [1.82, 2.24) is 0 Å².